The van der Waals surface area contributed by atoms with Gasteiger partial charge in [-0.05, 0) is 36.4 Å². The molecule has 0 aliphatic carbocycles. The summed E-state index contributed by atoms with van der Waals surface area (Å²) in [6.45, 7) is 2.83. The number of ether oxygens (including phenoxy) is 1. The third-order valence-electron chi connectivity index (χ3n) is 3.02. The topological polar surface area (TPSA) is 34.2 Å². The molecule has 0 radical (unpaired) electrons. The lowest BCUT2D eigenvalue weighted by Gasteiger charge is -2.22. The van der Waals surface area contributed by atoms with Gasteiger partial charge in [0.05, 0.1) is 19.3 Å². The summed E-state index contributed by atoms with van der Waals surface area (Å²) in [7, 11) is 1.63. The molecule has 3 nitrogen and oxygen atoms in total. The van der Waals surface area contributed by atoms with E-state index in [0.717, 1.165) is 23.4 Å². The molecular formula is C15H16Cl2N2O. The summed E-state index contributed by atoms with van der Waals surface area (Å²) in [6, 6.07) is 7.28. The van der Waals surface area contributed by atoms with Crippen LogP contribution in [0.25, 0.3) is 0 Å². The molecule has 0 aliphatic rings. The lowest BCUT2D eigenvalue weighted by atomic mass is 9.98. The van der Waals surface area contributed by atoms with Gasteiger partial charge >= 0.3 is 0 Å². The van der Waals surface area contributed by atoms with Crippen LogP contribution in [0.3, 0.4) is 0 Å². The normalized spacial score (nSPS) is 12.2. The number of hydrogen-bond acceptors (Lipinski definition) is 3. The van der Waals surface area contributed by atoms with E-state index in [1.807, 2.05) is 19.1 Å². The van der Waals surface area contributed by atoms with Crippen LogP contribution in [0.1, 0.15) is 24.1 Å². The highest BCUT2D eigenvalue weighted by atomic mass is 35.5. The molecule has 1 aromatic carbocycles. The van der Waals surface area contributed by atoms with Gasteiger partial charge < -0.3 is 10.1 Å². The molecule has 1 heterocycles. The van der Waals surface area contributed by atoms with Crippen LogP contribution < -0.4 is 10.1 Å². The van der Waals surface area contributed by atoms with E-state index in [0.29, 0.717) is 10.0 Å². The molecule has 0 spiro atoms. The van der Waals surface area contributed by atoms with Crippen LogP contribution in [0.4, 0.5) is 0 Å². The quantitative estimate of drug-likeness (QED) is 0.903. The van der Waals surface area contributed by atoms with E-state index in [2.05, 4.69) is 10.3 Å². The van der Waals surface area contributed by atoms with Crippen molar-refractivity contribution in [3.63, 3.8) is 0 Å². The Balaban J connectivity index is 2.53. The number of pyridine rings is 1. The average molecular weight is 311 g/mol. The van der Waals surface area contributed by atoms with Crippen molar-refractivity contribution in [2.75, 3.05) is 13.7 Å². The number of nitrogens with one attached hydrogen (secondary N) is 1. The van der Waals surface area contributed by atoms with Gasteiger partial charge in [0, 0.05) is 21.8 Å². The standard InChI is InChI=1S/C15H16Cl2N2O/c1-3-19-15(11-6-7-18-9-14(11)20-2)12-8-10(16)4-5-13(12)17/h4-9,15,19H,3H2,1-2H3. The molecular weight excluding hydrogens is 295 g/mol. The van der Waals surface area contributed by atoms with Gasteiger partial charge in [-0.2, -0.15) is 0 Å². The minimum absolute atomic E-state index is 0.0934. The van der Waals surface area contributed by atoms with E-state index in [9.17, 15) is 0 Å². The maximum Gasteiger partial charge on any atom is 0.142 e. The number of methoxy groups -OCH3 is 1. The van der Waals surface area contributed by atoms with Crippen molar-refractivity contribution in [2.24, 2.45) is 0 Å². The molecule has 2 aromatic rings. The Morgan fingerprint density at radius 3 is 2.75 bits per heavy atom. The lowest BCUT2D eigenvalue weighted by Crippen LogP contribution is -2.23. The highest BCUT2D eigenvalue weighted by molar-refractivity contribution is 6.33. The molecule has 1 atom stereocenters. The predicted molar refractivity (Wildman–Crippen MR) is 82.8 cm³/mol. The summed E-state index contributed by atoms with van der Waals surface area (Å²) >= 11 is 12.4. The molecule has 0 amide bonds. The predicted octanol–water partition coefficient (Wildman–Crippen LogP) is 4.10. The van der Waals surface area contributed by atoms with E-state index in [4.69, 9.17) is 27.9 Å². The average Bonchev–Trinajstić information content (AvgIpc) is 2.47. The molecule has 5 heteroatoms. The first-order chi connectivity index (χ1) is 9.67. The van der Waals surface area contributed by atoms with Crippen LogP contribution in [-0.2, 0) is 0 Å². The molecule has 20 heavy (non-hydrogen) atoms. The zero-order valence-electron chi connectivity index (χ0n) is 11.4. The van der Waals surface area contributed by atoms with Crippen molar-refractivity contribution >= 4 is 23.2 Å². The maximum atomic E-state index is 6.32. The first-order valence-electron chi connectivity index (χ1n) is 6.33. The molecule has 2 rings (SSSR count). The van der Waals surface area contributed by atoms with Crippen LogP contribution in [0.5, 0.6) is 5.75 Å². The first kappa shape index (κ1) is 15.1. The zero-order chi connectivity index (χ0) is 14.5. The summed E-state index contributed by atoms with van der Waals surface area (Å²) in [4.78, 5) is 4.08. The highest BCUT2D eigenvalue weighted by Crippen LogP contribution is 2.34. The molecule has 106 valence electrons. The number of aromatic nitrogens is 1. The second-order valence-corrected chi connectivity index (χ2v) is 5.12. The van der Waals surface area contributed by atoms with Crippen molar-refractivity contribution in [2.45, 2.75) is 13.0 Å². The van der Waals surface area contributed by atoms with Gasteiger partial charge in [0.2, 0.25) is 0 Å². The number of halogens is 2. The summed E-state index contributed by atoms with van der Waals surface area (Å²) in [6.07, 6.45) is 3.43. The summed E-state index contributed by atoms with van der Waals surface area (Å²) < 4.78 is 5.39. The molecule has 0 aliphatic heterocycles. The van der Waals surface area contributed by atoms with Gasteiger partial charge in [0.15, 0.2) is 0 Å². The van der Waals surface area contributed by atoms with Crippen LogP contribution in [-0.4, -0.2) is 18.6 Å². The van der Waals surface area contributed by atoms with Crippen LogP contribution >= 0.6 is 23.2 Å². The van der Waals surface area contributed by atoms with Crippen molar-refractivity contribution in [1.29, 1.82) is 0 Å². The van der Waals surface area contributed by atoms with Crippen molar-refractivity contribution in [3.05, 3.63) is 57.8 Å². The van der Waals surface area contributed by atoms with E-state index < -0.39 is 0 Å². The van der Waals surface area contributed by atoms with Gasteiger partial charge in [-0.15, -0.1) is 0 Å². The third kappa shape index (κ3) is 3.23. The number of hydrogen-bond donors (Lipinski definition) is 1. The number of benzene rings is 1. The second-order valence-electron chi connectivity index (χ2n) is 4.27. The Bertz CT molecular complexity index is 590. The molecule has 0 saturated heterocycles. The molecule has 1 aromatic heterocycles. The molecule has 0 fully saturated rings. The highest BCUT2D eigenvalue weighted by Gasteiger charge is 2.20. The third-order valence-corrected chi connectivity index (χ3v) is 3.60. The van der Waals surface area contributed by atoms with Gasteiger partial charge in [0.25, 0.3) is 0 Å². The minimum Gasteiger partial charge on any atom is -0.495 e. The summed E-state index contributed by atoms with van der Waals surface area (Å²) in [5.41, 5.74) is 1.90. The first-order valence-corrected chi connectivity index (χ1v) is 7.09. The second kappa shape index (κ2) is 6.93. The molecule has 0 saturated carbocycles. The van der Waals surface area contributed by atoms with E-state index >= 15 is 0 Å². The Kier molecular flexibility index (Phi) is 5.24. The van der Waals surface area contributed by atoms with E-state index in [1.54, 1.807) is 31.6 Å². The maximum absolute atomic E-state index is 6.32. The Labute approximate surface area is 128 Å². The smallest absolute Gasteiger partial charge is 0.142 e. The van der Waals surface area contributed by atoms with E-state index in [-0.39, 0.29) is 6.04 Å². The Morgan fingerprint density at radius 2 is 2.05 bits per heavy atom. The Morgan fingerprint density at radius 1 is 1.25 bits per heavy atom. The number of rotatable bonds is 5. The van der Waals surface area contributed by atoms with Gasteiger partial charge in [-0.1, -0.05) is 30.1 Å². The van der Waals surface area contributed by atoms with Gasteiger partial charge in [0.1, 0.15) is 5.75 Å². The SMILES string of the molecule is CCNC(c1cc(Cl)ccc1Cl)c1ccncc1OC. The number of nitrogens with zero attached hydrogens (tertiary/aromatic N) is 1. The fourth-order valence-electron chi connectivity index (χ4n) is 2.13. The van der Waals surface area contributed by atoms with Crippen LogP contribution in [0.15, 0.2) is 36.7 Å². The molecule has 1 unspecified atom stereocenters. The summed E-state index contributed by atoms with van der Waals surface area (Å²) in [5.74, 6) is 0.717. The van der Waals surface area contributed by atoms with E-state index in [1.165, 1.54) is 0 Å². The molecule has 1 N–H and O–H groups in total. The fourth-order valence-corrected chi connectivity index (χ4v) is 2.53. The van der Waals surface area contributed by atoms with Crippen molar-refractivity contribution in [3.8, 4) is 5.75 Å². The monoisotopic (exact) mass is 310 g/mol. The van der Waals surface area contributed by atoms with Crippen molar-refractivity contribution in [1.82, 2.24) is 10.3 Å². The minimum atomic E-state index is -0.0934. The largest absolute Gasteiger partial charge is 0.495 e. The Hall–Kier alpha value is -1.29. The van der Waals surface area contributed by atoms with Crippen LogP contribution in [0.2, 0.25) is 10.0 Å². The van der Waals surface area contributed by atoms with Crippen LogP contribution in [0, 0.1) is 0 Å². The molecule has 0 bridgehead atoms. The summed E-state index contributed by atoms with van der Waals surface area (Å²) in [5, 5.41) is 4.73. The van der Waals surface area contributed by atoms with Gasteiger partial charge in [-0.25, -0.2) is 0 Å². The lowest BCUT2D eigenvalue weighted by molar-refractivity contribution is 0.402. The van der Waals surface area contributed by atoms with Crippen molar-refractivity contribution < 1.29 is 4.74 Å². The zero-order valence-corrected chi connectivity index (χ0v) is 12.9. The van der Waals surface area contributed by atoms with Gasteiger partial charge in [-0.3, -0.25) is 4.98 Å². The fraction of sp³-hybridized carbons (Fsp3) is 0.267.